The summed E-state index contributed by atoms with van der Waals surface area (Å²) < 4.78 is 4.49. The van der Waals surface area contributed by atoms with Crippen LogP contribution in [0, 0.1) is 0 Å². The summed E-state index contributed by atoms with van der Waals surface area (Å²) >= 11 is 1.39. The fourth-order valence-corrected chi connectivity index (χ4v) is 0.625. The molecule has 0 aliphatic carbocycles. The van der Waals surface area contributed by atoms with Crippen molar-refractivity contribution in [3.05, 3.63) is 23.0 Å². The Morgan fingerprint density at radius 3 is 2.86 bits per heavy atom. The largest absolute Gasteiger partial charge is 0.480 e. The number of hydrogen-bond donors (Lipinski definition) is 1. The molecule has 7 heavy (non-hydrogen) atoms. The first-order valence-corrected chi connectivity index (χ1v) is 2.70. The van der Waals surface area contributed by atoms with E-state index in [2.05, 4.69) is 4.74 Å². The summed E-state index contributed by atoms with van der Waals surface area (Å²) in [5.41, 5.74) is 0. The molecule has 0 aromatic carbocycles. The third-order valence-corrected chi connectivity index (χ3v) is 1.10. The first-order chi connectivity index (χ1) is 3.39. The van der Waals surface area contributed by atoms with E-state index < -0.39 is 0 Å². The number of ether oxygens (including phenoxy) is 1. The normalized spacial score (nSPS) is 18.0. The van der Waals surface area contributed by atoms with Gasteiger partial charge in [0.25, 0.3) is 5.95 Å². The number of rotatable bonds is 0. The number of aliphatic hydroxyl groups excluding tert-OH is 1. The molecule has 1 aliphatic heterocycles. The van der Waals surface area contributed by atoms with Crippen molar-refractivity contribution >= 4 is 11.8 Å². The van der Waals surface area contributed by atoms with Crippen LogP contribution in [0.1, 0.15) is 0 Å². The second kappa shape index (κ2) is 1.93. The van der Waals surface area contributed by atoms with Crippen molar-refractivity contribution in [2.75, 3.05) is 0 Å². The minimum atomic E-state index is -0.0347. The van der Waals surface area contributed by atoms with Gasteiger partial charge in [-0.05, 0) is 0 Å². The van der Waals surface area contributed by atoms with Crippen molar-refractivity contribution in [2.24, 2.45) is 0 Å². The Bertz CT molecular complexity index is 117. The number of aliphatic hydroxyl groups is 1. The van der Waals surface area contributed by atoms with E-state index in [9.17, 15) is 0 Å². The van der Waals surface area contributed by atoms with Crippen LogP contribution in [-0.4, -0.2) is 5.11 Å². The zero-order valence-electron chi connectivity index (χ0n) is 3.50. The molecule has 1 rings (SSSR count). The third kappa shape index (κ3) is 1.16. The maximum Gasteiger partial charge on any atom is 0.288 e. The molecule has 0 bridgehead atoms. The van der Waals surface area contributed by atoms with Gasteiger partial charge < -0.3 is 9.84 Å². The highest BCUT2D eigenvalue weighted by atomic mass is 32.2. The zero-order chi connectivity index (χ0) is 5.11. The molecule has 3 heteroatoms. The van der Waals surface area contributed by atoms with Crippen molar-refractivity contribution in [3.63, 3.8) is 0 Å². The van der Waals surface area contributed by atoms with Crippen LogP contribution in [0.4, 0.5) is 0 Å². The molecule has 0 saturated heterocycles. The molecule has 0 aromatic rings. The monoisotopic (exact) mass is 116 g/mol. The van der Waals surface area contributed by atoms with Crippen LogP contribution >= 0.6 is 11.8 Å². The first kappa shape index (κ1) is 4.59. The molecule has 1 N–H and O–H groups in total. The topological polar surface area (TPSA) is 29.5 Å². The molecule has 0 spiro atoms. The molecule has 1 heterocycles. The average molecular weight is 116 g/mol. The van der Waals surface area contributed by atoms with Crippen LogP contribution in [0.3, 0.4) is 0 Å². The van der Waals surface area contributed by atoms with Gasteiger partial charge in [-0.1, -0.05) is 11.8 Å². The summed E-state index contributed by atoms with van der Waals surface area (Å²) in [6.07, 6.45) is 1.43. The molecular weight excluding hydrogens is 112 g/mol. The fourth-order valence-electron chi connectivity index (χ4n) is 0.255. The molecule has 0 aromatic heterocycles. The Kier molecular flexibility index (Phi) is 1.26. The Labute approximate surface area is 45.5 Å². The molecule has 0 fully saturated rings. The van der Waals surface area contributed by atoms with Gasteiger partial charge in [-0.25, -0.2) is 0 Å². The lowest BCUT2D eigenvalue weighted by Gasteiger charge is -1.98. The van der Waals surface area contributed by atoms with Crippen molar-refractivity contribution in [1.29, 1.82) is 0 Å². The SMILES string of the molecule is OC1=CSC=CO1. The molecule has 0 unspecified atom stereocenters. The van der Waals surface area contributed by atoms with Gasteiger partial charge in [-0.3, -0.25) is 0 Å². The van der Waals surface area contributed by atoms with Gasteiger partial charge in [-0.2, -0.15) is 0 Å². The van der Waals surface area contributed by atoms with Gasteiger partial charge in [0, 0.05) is 5.41 Å². The summed E-state index contributed by atoms with van der Waals surface area (Å²) in [6.45, 7) is 0. The van der Waals surface area contributed by atoms with Crippen LogP contribution in [-0.2, 0) is 4.74 Å². The van der Waals surface area contributed by atoms with E-state index in [1.54, 1.807) is 5.41 Å². The van der Waals surface area contributed by atoms with E-state index in [4.69, 9.17) is 5.11 Å². The number of hydrogen-bond acceptors (Lipinski definition) is 3. The van der Waals surface area contributed by atoms with Crippen LogP contribution < -0.4 is 0 Å². The molecule has 1 aliphatic rings. The van der Waals surface area contributed by atoms with E-state index in [1.807, 2.05) is 0 Å². The van der Waals surface area contributed by atoms with E-state index in [0.29, 0.717) is 0 Å². The molecule has 0 saturated carbocycles. The molecule has 2 nitrogen and oxygen atoms in total. The maximum atomic E-state index is 8.48. The van der Waals surface area contributed by atoms with Crippen LogP contribution in [0.15, 0.2) is 23.0 Å². The second-order valence-corrected chi connectivity index (χ2v) is 1.76. The summed E-state index contributed by atoms with van der Waals surface area (Å²) in [6, 6.07) is 0. The zero-order valence-corrected chi connectivity index (χ0v) is 4.31. The highest BCUT2D eigenvalue weighted by Crippen LogP contribution is 2.13. The summed E-state index contributed by atoms with van der Waals surface area (Å²) in [7, 11) is 0. The van der Waals surface area contributed by atoms with Crippen molar-refractivity contribution < 1.29 is 9.84 Å². The highest BCUT2D eigenvalue weighted by Gasteiger charge is 1.91. The first-order valence-electron chi connectivity index (χ1n) is 1.76. The molecular formula is C4H4O2S. The molecule has 0 atom stereocenters. The van der Waals surface area contributed by atoms with Crippen LogP contribution in [0.5, 0.6) is 0 Å². The Balaban J connectivity index is 2.50. The minimum absolute atomic E-state index is 0.0347. The Morgan fingerprint density at radius 2 is 2.57 bits per heavy atom. The predicted molar refractivity (Wildman–Crippen MR) is 28.5 cm³/mol. The van der Waals surface area contributed by atoms with Gasteiger partial charge in [0.2, 0.25) is 0 Å². The lowest BCUT2D eigenvalue weighted by Crippen LogP contribution is -1.82. The fraction of sp³-hybridized carbons (Fsp3) is 0. The van der Waals surface area contributed by atoms with E-state index in [0.717, 1.165) is 0 Å². The molecule has 0 radical (unpaired) electrons. The van der Waals surface area contributed by atoms with Crippen molar-refractivity contribution in [1.82, 2.24) is 0 Å². The minimum Gasteiger partial charge on any atom is -0.480 e. The van der Waals surface area contributed by atoms with E-state index in [-0.39, 0.29) is 5.95 Å². The van der Waals surface area contributed by atoms with Gasteiger partial charge >= 0.3 is 0 Å². The van der Waals surface area contributed by atoms with Gasteiger partial charge in [0.1, 0.15) is 6.26 Å². The summed E-state index contributed by atoms with van der Waals surface area (Å²) in [5.74, 6) is -0.0347. The van der Waals surface area contributed by atoms with Crippen LogP contribution in [0.25, 0.3) is 0 Å². The standard InChI is InChI=1S/C4H4O2S/c5-4-3-7-2-1-6-4/h1-3,5H. The lowest BCUT2D eigenvalue weighted by molar-refractivity contribution is 0.169. The quantitative estimate of drug-likeness (QED) is 0.521. The van der Waals surface area contributed by atoms with Gasteiger partial charge in [0.05, 0.1) is 5.41 Å². The Hall–Kier alpha value is -0.570. The molecule has 38 valence electrons. The summed E-state index contributed by atoms with van der Waals surface area (Å²) in [5, 5.41) is 11.7. The summed E-state index contributed by atoms with van der Waals surface area (Å²) in [4.78, 5) is 0. The third-order valence-electron chi connectivity index (χ3n) is 0.492. The molecule has 0 amide bonds. The van der Waals surface area contributed by atoms with Gasteiger partial charge in [-0.15, -0.1) is 0 Å². The maximum absolute atomic E-state index is 8.48. The van der Waals surface area contributed by atoms with E-state index in [1.165, 1.54) is 23.4 Å². The average Bonchev–Trinajstić information content (AvgIpc) is 1.69. The second-order valence-electron chi connectivity index (χ2n) is 0.982. The highest BCUT2D eigenvalue weighted by molar-refractivity contribution is 8.04. The van der Waals surface area contributed by atoms with Crippen LogP contribution in [0.2, 0.25) is 0 Å². The predicted octanol–water partition coefficient (Wildman–Crippen LogP) is 1.58. The lowest BCUT2D eigenvalue weighted by atomic mass is 11.0. The van der Waals surface area contributed by atoms with Crippen molar-refractivity contribution in [3.8, 4) is 0 Å². The number of thioether (sulfide) groups is 1. The Morgan fingerprint density at radius 1 is 1.71 bits per heavy atom. The van der Waals surface area contributed by atoms with Gasteiger partial charge in [0.15, 0.2) is 0 Å². The smallest absolute Gasteiger partial charge is 0.288 e. The van der Waals surface area contributed by atoms with Crippen molar-refractivity contribution in [2.45, 2.75) is 0 Å². The van der Waals surface area contributed by atoms with E-state index >= 15 is 0 Å².